The fourth-order valence-corrected chi connectivity index (χ4v) is 1.64. The van der Waals surface area contributed by atoms with Gasteiger partial charge in [-0.05, 0) is 43.3 Å². The van der Waals surface area contributed by atoms with E-state index in [9.17, 15) is 8.78 Å². The highest BCUT2D eigenvalue weighted by Crippen LogP contribution is 2.24. The van der Waals surface area contributed by atoms with Crippen LogP contribution in [0.2, 0.25) is 0 Å². The van der Waals surface area contributed by atoms with E-state index in [-0.39, 0.29) is 17.9 Å². The third kappa shape index (κ3) is 3.72. The van der Waals surface area contributed by atoms with Crippen molar-refractivity contribution in [1.29, 1.82) is 0 Å². The number of hydrogen-bond donors (Lipinski definition) is 1. The van der Waals surface area contributed by atoms with Crippen molar-refractivity contribution < 1.29 is 18.3 Å². The van der Waals surface area contributed by atoms with Crippen LogP contribution in [0.4, 0.5) is 14.5 Å². The van der Waals surface area contributed by atoms with E-state index in [2.05, 4.69) is 0 Å². The SMILES string of the molecule is C/C=C/Oc1ccc(COc2ccc(N)cc2)c(F)c1F. The molecule has 2 rings (SSSR count). The molecule has 2 aromatic rings. The van der Waals surface area contributed by atoms with E-state index in [0.29, 0.717) is 11.4 Å². The Morgan fingerprint density at radius 1 is 1.05 bits per heavy atom. The zero-order chi connectivity index (χ0) is 15.2. The van der Waals surface area contributed by atoms with Gasteiger partial charge in [-0.3, -0.25) is 0 Å². The Bertz CT molecular complexity index is 639. The molecule has 3 nitrogen and oxygen atoms in total. The molecule has 0 aliphatic heterocycles. The van der Waals surface area contributed by atoms with Gasteiger partial charge in [-0.2, -0.15) is 4.39 Å². The molecule has 0 spiro atoms. The second-order valence-corrected chi connectivity index (χ2v) is 4.30. The van der Waals surface area contributed by atoms with Gasteiger partial charge in [0.1, 0.15) is 12.4 Å². The monoisotopic (exact) mass is 291 g/mol. The van der Waals surface area contributed by atoms with Crippen LogP contribution in [-0.2, 0) is 6.61 Å². The summed E-state index contributed by atoms with van der Waals surface area (Å²) in [6, 6.07) is 9.44. The summed E-state index contributed by atoms with van der Waals surface area (Å²) in [6.45, 7) is 1.62. The number of allylic oxidation sites excluding steroid dienone is 1. The summed E-state index contributed by atoms with van der Waals surface area (Å²) in [7, 11) is 0. The molecule has 0 aliphatic carbocycles. The van der Waals surface area contributed by atoms with Crippen LogP contribution in [0.5, 0.6) is 11.5 Å². The maximum absolute atomic E-state index is 13.9. The summed E-state index contributed by atoms with van der Waals surface area (Å²) in [5.41, 5.74) is 6.26. The van der Waals surface area contributed by atoms with Gasteiger partial charge in [-0.1, -0.05) is 6.08 Å². The Labute approximate surface area is 121 Å². The maximum Gasteiger partial charge on any atom is 0.201 e. The summed E-state index contributed by atoms with van der Waals surface area (Å²) >= 11 is 0. The predicted molar refractivity (Wildman–Crippen MR) is 77.0 cm³/mol. The number of halogens is 2. The number of nitrogens with two attached hydrogens (primary N) is 1. The summed E-state index contributed by atoms with van der Waals surface area (Å²) in [6.07, 6.45) is 2.86. The summed E-state index contributed by atoms with van der Waals surface area (Å²) in [5, 5.41) is 0. The Morgan fingerprint density at radius 3 is 2.43 bits per heavy atom. The fourth-order valence-electron chi connectivity index (χ4n) is 1.64. The Balaban J connectivity index is 2.10. The molecule has 0 aromatic heterocycles. The zero-order valence-corrected chi connectivity index (χ0v) is 11.5. The number of rotatable bonds is 5. The second-order valence-electron chi connectivity index (χ2n) is 4.30. The number of anilines is 1. The first-order valence-electron chi connectivity index (χ1n) is 6.35. The topological polar surface area (TPSA) is 44.5 Å². The lowest BCUT2D eigenvalue weighted by atomic mass is 10.2. The highest BCUT2D eigenvalue weighted by Gasteiger charge is 2.14. The Morgan fingerprint density at radius 2 is 1.76 bits per heavy atom. The van der Waals surface area contributed by atoms with Crippen LogP contribution in [0.15, 0.2) is 48.7 Å². The van der Waals surface area contributed by atoms with Crippen LogP contribution in [0, 0.1) is 11.6 Å². The summed E-state index contributed by atoms with van der Waals surface area (Å²) < 4.78 is 38.0. The van der Waals surface area contributed by atoms with E-state index < -0.39 is 11.6 Å². The first kappa shape index (κ1) is 14.8. The molecule has 0 atom stereocenters. The van der Waals surface area contributed by atoms with E-state index in [0.717, 1.165) is 0 Å². The summed E-state index contributed by atoms with van der Waals surface area (Å²) in [5.74, 6) is -1.65. The van der Waals surface area contributed by atoms with Crippen LogP contribution < -0.4 is 15.2 Å². The van der Waals surface area contributed by atoms with Crippen molar-refractivity contribution in [2.24, 2.45) is 0 Å². The molecule has 2 aromatic carbocycles. The maximum atomic E-state index is 13.9. The van der Waals surface area contributed by atoms with Gasteiger partial charge in [0, 0.05) is 11.3 Å². The second kappa shape index (κ2) is 6.74. The lowest BCUT2D eigenvalue weighted by Crippen LogP contribution is -2.02. The van der Waals surface area contributed by atoms with Gasteiger partial charge >= 0.3 is 0 Å². The molecule has 0 aliphatic rings. The van der Waals surface area contributed by atoms with E-state index in [1.54, 1.807) is 37.3 Å². The lowest BCUT2D eigenvalue weighted by molar-refractivity contribution is 0.295. The molecule has 0 saturated heterocycles. The average Bonchev–Trinajstić information content (AvgIpc) is 2.49. The van der Waals surface area contributed by atoms with Crippen LogP contribution >= 0.6 is 0 Å². The van der Waals surface area contributed by atoms with Crippen molar-refractivity contribution in [2.75, 3.05) is 5.73 Å². The average molecular weight is 291 g/mol. The van der Waals surface area contributed by atoms with Crippen LogP contribution in [-0.4, -0.2) is 0 Å². The molecule has 0 radical (unpaired) electrons. The molecule has 0 saturated carbocycles. The van der Waals surface area contributed by atoms with Gasteiger partial charge in [0.25, 0.3) is 0 Å². The Kier molecular flexibility index (Phi) is 4.77. The molecule has 21 heavy (non-hydrogen) atoms. The molecular weight excluding hydrogens is 276 g/mol. The molecular formula is C16H15F2NO2. The minimum absolute atomic E-state index is 0.0867. The van der Waals surface area contributed by atoms with Crippen LogP contribution in [0.3, 0.4) is 0 Å². The quantitative estimate of drug-likeness (QED) is 0.668. The molecule has 0 heterocycles. The predicted octanol–water partition coefficient (Wildman–Crippen LogP) is 4.04. The van der Waals surface area contributed by atoms with Crippen molar-refractivity contribution >= 4 is 5.69 Å². The lowest BCUT2D eigenvalue weighted by Gasteiger charge is -2.09. The van der Waals surface area contributed by atoms with E-state index in [1.165, 1.54) is 18.4 Å². The third-order valence-electron chi connectivity index (χ3n) is 2.73. The first-order chi connectivity index (χ1) is 10.1. The highest BCUT2D eigenvalue weighted by atomic mass is 19.2. The number of nitrogen functional groups attached to an aromatic ring is 1. The minimum Gasteiger partial charge on any atom is -0.489 e. The smallest absolute Gasteiger partial charge is 0.201 e. The molecule has 0 amide bonds. The van der Waals surface area contributed by atoms with Crippen molar-refractivity contribution in [3.8, 4) is 11.5 Å². The van der Waals surface area contributed by atoms with E-state index in [4.69, 9.17) is 15.2 Å². The van der Waals surface area contributed by atoms with E-state index in [1.807, 2.05) is 0 Å². The molecule has 2 N–H and O–H groups in total. The highest BCUT2D eigenvalue weighted by molar-refractivity contribution is 5.41. The van der Waals surface area contributed by atoms with Gasteiger partial charge in [0.2, 0.25) is 5.82 Å². The minimum atomic E-state index is -1.04. The van der Waals surface area contributed by atoms with Crippen molar-refractivity contribution in [2.45, 2.75) is 13.5 Å². The standard InChI is InChI=1S/C16H15F2NO2/c1-2-9-20-14-8-3-11(15(17)16(14)18)10-21-13-6-4-12(19)5-7-13/h2-9H,10,19H2,1H3/b9-2+. The third-order valence-corrected chi connectivity index (χ3v) is 2.73. The van der Waals surface area contributed by atoms with Crippen LogP contribution in [0.25, 0.3) is 0 Å². The van der Waals surface area contributed by atoms with Gasteiger partial charge in [0.05, 0.1) is 6.26 Å². The number of benzene rings is 2. The Hall–Kier alpha value is -2.56. The first-order valence-corrected chi connectivity index (χ1v) is 6.35. The van der Waals surface area contributed by atoms with Gasteiger partial charge in [-0.25, -0.2) is 4.39 Å². The molecule has 5 heteroatoms. The molecule has 0 fully saturated rings. The fraction of sp³-hybridized carbons (Fsp3) is 0.125. The number of ether oxygens (including phenoxy) is 2. The zero-order valence-electron chi connectivity index (χ0n) is 11.5. The van der Waals surface area contributed by atoms with Gasteiger partial charge in [-0.15, -0.1) is 0 Å². The molecule has 110 valence electrons. The normalized spacial score (nSPS) is 10.8. The van der Waals surface area contributed by atoms with E-state index >= 15 is 0 Å². The van der Waals surface area contributed by atoms with Crippen molar-refractivity contribution in [3.05, 3.63) is 65.9 Å². The largest absolute Gasteiger partial charge is 0.489 e. The van der Waals surface area contributed by atoms with Gasteiger partial charge < -0.3 is 15.2 Å². The van der Waals surface area contributed by atoms with Crippen molar-refractivity contribution in [3.63, 3.8) is 0 Å². The summed E-state index contributed by atoms with van der Waals surface area (Å²) in [4.78, 5) is 0. The molecule has 0 unspecified atom stereocenters. The number of hydrogen-bond acceptors (Lipinski definition) is 3. The van der Waals surface area contributed by atoms with Crippen molar-refractivity contribution in [1.82, 2.24) is 0 Å². The van der Waals surface area contributed by atoms with Gasteiger partial charge in [0.15, 0.2) is 11.6 Å². The van der Waals surface area contributed by atoms with Crippen LogP contribution in [0.1, 0.15) is 12.5 Å². The molecule has 0 bridgehead atoms.